The lowest BCUT2D eigenvalue weighted by Gasteiger charge is -2.19. The lowest BCUT2D eigenvalue weighted by atomic mass is 9.87. The van der Waals surface area contributed by atoms with E-state index in [1.54, 1.807) is 23.1 Å². The van der Waals surface area contributed by atoms with Gasteiger partial charge in [0.05, 0.1) is 12.0 Å². The van der Waals surface area contributed by atoms with Crippen molar-refractivity contribution in [2.75, 3.05) is 18.1 Å². The summed E-state index contributed by atoms with van der Waals surface area (Å²) in [4.78, 5) is 11.8. The fourth-order valence-electron chi connectivity index (χ4n) is 3.57. The third-order valence-electron chi connectivity index (χ3n) is 5.11. The zero-order valence-electron chi connectivity index (χ0n) is 16.7. The molecule has 1 aliphatic carbocycles. The number of fused-ring (bicyclic) bond motifs is 3. The Morgan fingerprint density at radius 3 is 2.82 bits per heavy atom. The van der Waals surface area contributed by atoms with Gasteiger partial charge in [0.25, 0.3) is 0 Å². The summed E-state index contributed by atoms with van der Waals surface area (Å²) in [6, 6.07) is 8.34. The van der Waals surface area contributed by atoms with Gasteiger partial charge in [0.2, 0.25) is 0 Å². The predicted octanol–water partition coefficient (Wildman–Crippen LogP) is 5.62. The van der Waals surface area contributed by atoms with Crippen molar-refractivity contribution in [1.82, 2.24) is 9.97 Å². The van der Waals surface area contributed by atoms with E-state index in [1.807, 2.05) is 6.07 Å². The molecule has 2 aromatic heterocycles. The Labute approximate surface area is 174 Å². The maximum atomic E-state index is 6.29. The van der Waals surface area contributed by atoms with Crippen LogP contribution in [-0.4, -0.2) is 22.3 Å². The largest absolute Gasteiger partial charge is 0.493 e. The van der Waals surface area contributed by atoms with Crippen LogP contribution < -0.4 is 10.5 Å². The molecule has 1 aromatic carbocycles. The lowest BCUT2D eigenvalue weighted by molar-refractivity contribution is 0.342. The van der Waals surface area contributed by atoms with Crippen LogP contribution in [-0.2, 0) is 18.3 Å². The molecule has 0 atom stereocenters. The summed E-state index contributed by atoms with van der Waals surface area (Å²) < 4.78 is 5.94. The molecule has 1 aliphatic rings. The average molecular weight is 414 g/mol. The molecule has 0 unspecified atom stereocenters. The summed E-state index contributed by atoms with van der Waals surface area (Å²) in [7, 11) is 0. The molecule has 4 rings (SSSR count). The van der Waals surface area contributed by atoms with Crippen molar-refractivity contribution in [1.29, 1.82) is 0 Å². The maximum Gasteiger partial charge on any atom is 0.191 e. The molecule has 0 amide bonds. The number of benzene rings is 1. The third-order valence-corrected chi connectivity index (χ3v) is 7.10. The number of nitrogen functional groups attached to an aromatic ring is 1. The minimum absolute atomic E-state index is 0.120. The van der Waals surface area contributed by atoms with Gasteiger partial charge in [-0.05, 0) is 54.4 Å². The highest BCUT2D eigenvalue weighted by molar-refractivity contribution is 7.99. The van der Waals surface area contributed by atoms with Crippen molar-refractivity contribution in [3.05, 3.63) is 40.3 Å². The molecule has 2 heterocycles. The van der Waals surface area contributed by atoms with Gasteiger partial charge in [-0.1, -0.05) is 44.7 Å². The van der Waals surface area contributed by atoms with E-state index < -0.39 is 0 Å². The SMILES string of the molecule is CC(C)(C)c1cccc(OCCSc2nc(N)c3c4c(sc3n2)CCCC4)c1. The van der Waals surface area contributed by atoms with Crippen molar-refractivity contribution >= 4 is 39.1 Å². The topological polar surface area (TPSA) is 61.0 Å². The molecule has 0 aliphatic heterocycles. The predicted molar refractivity (Wildman–Crippen MR) is 120 cm³/mol. The summed E-state index contributed by atoms with van der Waals surface area (Å²) in [6.45, 7) is 7.24. The van der Waals surface area contributed by atoms with Gasteiger partial charge < -0.3 is 10.5 Å². The molecule has 28 heavy (non-hydrogen) atoms. The lowest BCUT2D eigenvalue weighted by Crippen LogP contribution is -2.11. The van der Waals surface area contributed by atoms with Gasteiger partial charge in [0.1, 0.15) is 16.4 Å². The van der Waals surface area contributed by atoms with Crippen LogP contribution in [0.5, 0.6) is 5.75 Å². The summed E-state index contributed by atoms with van der Waals surface area (Å²) in [5.41, 5.74) is 9.08. The van der Waals surface area contributed by atoms with Crippen LogP contribution in [0.1, 0.15) is 49.6 Å². The molecular weight excluding hydrogens is 386 g/mol. The van der Waals surface area contributed by atoms with Gasteiger partial charge in [0.15, 0.2) is 5.16 Å². The Kier molecular flexibility index (Phi) is 5.52. The van der Waals surface area contributed by atoms with Crippen LogP contribution in [0.2, 0.25) is 0 Å². The number of hydrogen-bond donors (Lipinski definition) is 1. The van der Waals surface area contributed by atoms with E-state index in [2.05, 4.69) is 44.0 Å². The number of ether oxygens (including phenoxy) is 1. The smallest absolute Gasteiger partial charge is 0.191 e. The standard InChI is InChI=1S/C22H27N3OS2/c1-22(2,3)14-7-6-8-15(13-14)26-11-12-27-21-24-19(23)18-16-9-4-5-10-17(16)28-20(18)25-21/h6-8,13H,4-5,9-12H2,1-3H3,(H2,23,24,25). The maximum absolute atomic E-state index is 6.29. The van der Waals surface area contributed by atoms with E-state index in [-0.39, 0.29) is 5.41 Å². The van der Waals surface area contributed by atoms with Crippen molar-refractivity contribution in [3.63, 3.8) is 0 Å². The summed E-state index contributed by atoms with van der Waals surface area (Å²) in [5, 5.41) is 1.84. The molecule has 0 saturated heterocycles. The molecule has 0 fully saturated rings. The molecule has 0 saturated carbocycles. The molecule has 148 valence electrons. The second-order valence-corrected chi connectivity index (χ2v) is 10.4. The number of nitrogens with zero attached hydrogens (tertiary/aromatic N) is 2. The summed E-state index contributed by atoms with van der Waals surface area (Å²) >= 11 is 3.40. The summed E-state index contributed by atoms with van der Waals surface area (Å²) in [6.07, 6.45) is 4.77. The normalized spacial score (nSPS) is 14.2. The molecule has 6 heteroatoms. The molecule has 3 aromatic rings. The van der Waals surface area contributed by atoms with Gasteiger partial charge in [-0.25, -0.2) is 9.97 Å². The second-order valence-electron chi connectivity index (χ2n) is 8.26. The number of anilines is 1. The van der Waals surface area contributed by atoms with Crippen molar-refractivity contribution in [2.24, 2.45) is 0 Å². The zero-order chi connectivity index (χ0) is 19.7. The molecule has 0 spiro atoms. The van der Waals surface area contributed by atoms with Crippen LogP contribution in [0.25, 0.3) is 10.2 Å². The number of aryl methyl sites for hydroxylation is 2. The van der Waals surface area contributed by atoms with Gasteiger partial charge in [-0.2, -0.15) is 0 Å². The Morgan fingerprint density at radius 2 is 2.00 bits per heavy atom. The molecule has 2 N–H and O–H groups in total. The van der Waals surface area contributed by atoms with E-state index in [0.29, 0.717) is 12.4 Å². The quantitative estimate of drug-likeness (QED) is 0.334. The minimum Gasteiger partial charge on any atom is -0.493 e. The molecular formula is C22H27N3OS2. The number of thioether (sulfide) groups is 1. The van der Waals surface area contributed by atoms with Crippen LogP contribution in [0.4, 0.5) is 5.82 Å². The number of nitrogens with two attached hydrogens (primary N) is 1. The van der Waals surface area contributed by atoms with Gasteiger partial charge in [-0.3, -0.25) is 0 Å². The first-order chi connectivity index (χ1) is 13.4. The van der Waals surface area contributed by atoms with Gasteiger partial charge >= 0.3 is 0 Å². The number of thiophene rings is 1. The van der Waals surface area contributed by atoms with Crippen molar-refractivity contribution in [2.45, 2.75) is 57.0 Å². The summed E-state index contributed by atoms with van der Waals surface area (Å²) in [5.74, 6) is 2.33. The van der Waals surface area contributed by atoms with Gasteiger partial charge in [-0.15, -0.1) is 11.3 Å². The van der Waals surface area contributed by atoms with Crippen LogP contribution in [0.3, 0.4) is 0 Å². The molecule has 4 nitrogen and oxygen atoms in total. The van der Waals surface area contributed by atoms with E-state index in [9.17, 15) is 0 Å². The molecule has 0 radical (unpaired) electrons. The highest BCUT2D eigenvalue weighted by atomic mass is 32.2. The zero-order valence-corrected chi connectivity index (χ0v) is 18.4. The van der Waals surface area contributed by atoms with E-state index in [0.717, 1.165) is 39.7 Å². The Hall–Kier alpha value is -1.79. The van der Waals surface area contributed by atoms with Crippen LogP contribution >= 0.6 is 23.1 Å². The third kappa shape index (κ3) is 4.13. The minimum atomic E-state index is 0.120. The van der Waals surface area contributed by atoms with Crippen LogP contribution in [0.15, 0.2) is 29.4 Å². The second kappa shape index (κ2) is 7.91. The van der Waals surface area contributed by atoms with E-state index in [1.165, 1.54) is 28.8 Å². The van der Waals surface area contributed by atoms with Crippen LogP contribution in [0, 0.1) is 0 Å². The Morgan fingerprint density at radius 1 is 1.18 bits per heavy atom. The van der Waals surface area contributed by atoms with E-state index in [4.69, 9.17) is 15.5 Å². The first-order valence-electron chi connectivity index (χ1n) is 9.86. The van der Waals surface area contributed by atoms with E-state index >= 15 is 0 Å². The highest BCUT2D eigenvalue weighted by Crippen LogP contribution is 2.38. The number of aromatic nitrogens is 2. The molecule has 0 bridgehead atoms. The first kappa shape index (κ1) is 19.5. The number of rotatable bonds is 5. The van der Waals surface area contributed by atoms with Crippen molar-refractivity contribution in [3.8, 4) is 5.75 Å². The van der Waals surface area contributed by atoms with Crippen molar-refractivity contribution < 1.29 is 4.74 Å². The number of hydrogen-bond acceptors (Lipinski definition) is 6. The average Bonchev–Trinajstić information content (AvgIpc) is 3.03. The monoisotopic (exact) mass is 413 g/mol. The fraction of sp³-hybridized carbons (Fsp3) is 0.455. The fourth-order valence-corrected chi connectivity index (χ4v) is 5.57. The Bertz CT molecular complexity index is 991. The highest BCUT2D eigenvalue weighted by Gasteiger charge is 2.20. The first-order valence-corrected chi connectivity index (χ1v) is 11.7. The van der Waals surface area contributed by atoms with Gasteiger partial charge in [0, 0.05) is 10.6 Å². The Balaban J connectivity index is 1.40.